The molecule has 1 N–H and O–H groups in total. The molecule has 0 radical (unpaired) electrons. The maximum atomic E-state index is 12.6. The average molecular weight is 359 g/mol. The number of hydrogen-bond acceptors (Lipinski definition) is 4. The Balaban J connectivity index is 1.51. The Labute approximate surface area is 151 Å². The summed E-state index contributed by atoms with van der Waals surface area (Å²) in [5.74, 6) is 1.09. The van der Waals surface area contributed by atoms with Gasteiger partial charge in [0.1, 0.15) is 0 Å². The van der Waals surface area contributed by atoms with E-state index >= 15 is 0 Å². The summed E-state index contributed by atoms with van der Waals surface area (Å²) >= 11 is 6.24. The second-order valence-corrected chi connectivity index (χ2v) is 6.79. The topological polar surface area (TPSA) is 50.8 Å². The summed E-state index contributed by atoms with van der Waals surface area (Å²) in [7, 11) is 0. The molecule has 6 heteroatoms. The van der Waals surface area contributed by atoms with Gasteiger partial charge in [-0.1, -0.05) is 29.8 Å². The van der Waals surface area contributed by atoms with Crippen molar-refractivity contribution in [3.63, 3.8) is 0 Å². The Morgan fingerprint density at radius 2 is 2.04 bits per heavy atom. The summed E-state index contributed by atoms with van der Waals surface area (Å²) in [5.41, 5.74) is 2.96. The monoisotopic (exact) mass is 358 g/mol. The van der Waals surface area contributed by atoms with Crippen molar-refractivity contribution >= 4 is 28.9 Å². The molecule has 0 aliphatic carbocycles. The summed E-state index contributed by atoms with van der Waals surface area (Å²) < 4.78 is 10.6. The molecular weight excluding hydrogens is 340 g/mol. The van der Waals surface area contributed by atoms with Crippen LogP contribution in [0.4, 0.5) is 11.4 Å². The minimum atomic E-state index is -0.107. The van der Waals surface area contributed by atoms with Crippen molar-refractivity contribution < 1.29 is 14.3 Å². The molecule has 25 heavy (non-hydrogen) atoms. The Hall–Kier alpha value is -2.40. The first kappa shape index (κ1) is 16.1. The van der Waals surface area contributed by atoms with Crippen LogP contribution in [0.15, 0.2) is 36.4 Å². The number of nitrogens with zero attached hydrogens (tertiary/aromatic N) is 1. The molecule has 2 aromatic rings. The van der Waals surface area contributed by atoms with E-state index < -0.39 is 0 Å². The number of carbonyl (C=O) groups excluding carboxylic acids is 1. The van der Waals surface area contributed by atoms with Crippen LogP contribution in [0.1, 0.15) is 18.9 Å². The number of para-hydroxylation sites is 1. The van der Waals surface area contributed by atoms with Crippen LogP contribution in [-0.4, -0.2) is 25.3 Å². The van der Waals surface area contributed by atoms with Gasteiger partial charge < -0.3 is 19.7 Å². The number of anilines is 2. The lowest BCUT2D eigenvalue weighted by Gasteiger charge is -2.36. The first-order valence-corrected chi connectivity index (χ1v) is 8.73. The number of rotatable bonds is 3. The van der Waals surface area contributed by atoms with Gasteiger partial charge in [-0.25, -0.2) is 0 Å². The number of fused-ring (bicyclic) bond motifs is 2. The lowest BCUT2D eigenvalue weighted by Crippen LogP contribution is -2.42. The molecule has 2 aliphatic heterocycles. The third kappa shape index (κ3) is 3.12. The zero-order valence-corrected chi connectivity index (χ0v) is 14.7. The molecule has 5 nitrogen and oxygen atoms in total. The van der Waals surface area contributed by atoms with Crippen LogP contribution >= 0.6 is 11.6 Å². The van der Waals surface area contributed by atoms with Gasteiger partial charge in [0.2, 0.25) is 12.7 Å². The highest BCUT2D eigenvalue weighted by Crippen LogP contribution is 2.39. The summed E-state index contributed by atoms with van der Waals surface area (Å²) in [6.45, 7) is 2.60. The zero-order valence-electron chi connectivity index (χ0n) is 13.9. The van der Waals surface area contributed by atoms with Gasteiger partial charge in [0.15, 0.2) is 11.5 Å². The number of halogens is 1. The summed E-state index contributed by atoms with van der Waals surface area (Å²) in [6.07, 6.45) is 2.08. The SMILES string of the molecule is CC1CCc2ccccc2N1CC(=O)Nc1cc2c(cc1Cl)OCO2. The Morgan fingerprint density at radius 3 is 2.88 bits per heavy atom. The molecule has 2 aromatic carbocycles. The van der Waals surface area contributed by atoms with E-state index in [0.717, 1.165) is 18.5 Å². The molecule has 0 saturated heterocycles. The summed E-state index contributed by atoms with van der Waals surface area (Å²) in [4.78, 5) is 14.8. The van der Waals surface area contributed by atoms with Crippen molar-refractivity contribution in [3.8, 4) is 11.5 Å². The number of nitrogens with one attached hydrogen (secondary N) is 1. The van der Waals surface area contributed by atoms with Crippen LogP contribution in [0, 0.1) is 0 Å². The van der Waals surface area contributed by atoms with Crippen molar-refractivity contribution in [1.29, 1.82) is 0 Å². The number of carbonyl (C=O) groups is 1. The highest BCUT2D eigenvalue weighted by atomic mass is 35.5. The molecule has 0 saturated carbocycles. The number of benzene rings is 2. The van der Waals surface area contributed by atoms with Crippen LogP contribution in [0.2, 0.25) is 5.02 Å². The van der Waals surface area contributed by atoms with Crippen molar-refractivity contribution in [2.24, 2.45) is 0 Å². The Kier molecular flexibility index (Phi) is 4.17. The Morgan fingerprint density at radius 1 is 1.28 bits per heavy atom. The highest BCUT2D eigenvalue weighted by molar-refractivity contribution is 6.34. The predicted molar refractivity (Wildman–Crippen MR) is 97.8 cm³/mol. The minimum Gasteiger partial charge on any atom is -0.454 e. The van der Waals surface area contributed by atoms with Crippen LogP contribution in [0.3, 0.4) is 0 Å². The van der Waals surface area contributed by atoms with Crippen LogP contribution in [0.25, 0.3) is 0 Å². The van der Waals surface area contributed by atoms with E-state index in [4.69, 9.17) is 21.1 Å². The highest BCUT2D eigenvalue weighted by Gasteiger charge is 2.25. The number of aryl methyl sites for hydroxylation is 1. The second-order valence-electron chi connectivity index (χ2n) is 6.38. The quantitative estimate of drug-likeness (QED) is 0.905. The molecule has 0 spiro atoms. The summed E-state index contributed by atoms with van der Waals surface area (Å²) in [5, 5.41) is 3.33. The third-order valence-electron chi connectivity index (χ3n) is 4.71. The fraction of sp³-hybridized carbons (Fsp3) is 0.316. The molecule has 0 fully saturated rings. The predicted octanol–water partition coefficient (Wildman–Crippen LogP) is 3.85. The first-order valence-electron chi connectivity index (χ1n) is 8.35. The van der Waals surface area contributed by atoms with Gasteiger partial charge in [0.05, 0.1) is 17.3 Å². The fourth-order valence-corrected chi connectivity index (χ4v) is 3.56. The lowest BCUT2D eigenvalue weighted by atomic mass is 9.96. The largest absolute Gasteiger partial charge is 0.454 e. The van der Waals surface area contributed by atoms with Gasteiger partial charge in [0, 0.05) is 23.9 Å². The number of ether oxygens (including phenoxy) is 2. The van der Waals surface area contributed by atoms with Gasteiger partial charge in [0.25, 0.3) is 0 Å². The normalized spacial score (nSPS) is 18.0. The van der Waals surface area contributed by atoms with Gasteiger partial charge in [-0.05, 0) is 31.4 Å². The van der Waals surface area contributed by atoms with Crippen molar-refractivity contribution in [2.45, 2.75) is 25.8 Å². The average Bonchev–Trinajstić information content (AvgIpc) is 3.05. The van der Waals surface area contributed by atoms with E-state index in [0.29, 0.717) is 28.3 Å². The molecule has 4 rings (SSSR count). The van der Waals surface area contributed by atoms with Gasteiger partial charge in [-0.3, -0.25) is 4.79 Å². The fourth-order valence-electron chi connectivity index (χ4n) is 3.36. The molecule has 0 aromatic heterocycles. The van der Waals surface area contributed by atoms with E-state index in [9.17, 15) is 4.79 Å². The Bertz CT molecular complexity index is 824. The molecule has 2 heterocycles. The van der Waals surface area contributed by atoms with Gasteiger partial charge in [-0.15, -0.1) is 0 Å². The minimum absolute atomic E-state index is 0.107. The van der Waals surface area contributed by atoms with Crippen molar-refractivity contribution in [3.05, 3.63) is 47.0 Å². The second kappa shape index (κ2) is 6.48. The zero-order chi connectivity index (χ0) is 17.4. The van der Waals surface area contributed by atoms with E-state index in [1.807, 2.05) is 12.1 Å². The van der Waals surface area contributed by atoms with Gasteiger partial charge >= 0.3 is 0 Å². The van der Waals surface area contributed by atoms with Crippen LogP contribution in [-0.2, 0) is 11.2 Å². The molecule has 2 aliphatic rings. The maximum absolute atomic E-state index is 12.6. The molecule has 1 amide bonds. The van der Waals surface area contributed by atoms with E-state index in [-0.39, 0.29) is 19.2 Å². The van der Waals surface area contributed by atoms with Crippen LogP contribution in [0.5, 0.6) is 11.5 Å². The van der Waals surface area contributed by atoms with Crippen molar-refractivity contribution in [1.82, 2.24) is 0 Å². The van der Waals surface area contributed by atoms with Crippen LogP contribution < -0.4 is 19.7 Å². The molecule has 1 atom stereocenters. The smallest absolute Gasteiger partial charge is 0.243 e. The lowest BCUT2D eigenvalue weighted by molar-refractivity contribution is -0.115. The molecule has 1 unspecified atom stereocenters. The van der Waals surface area contributed by atoms with Crippen molar-refractivity contribution in [2.75, 3.05) is 23.6 Å². The molecule has 130 valence electrons. The van der Waals surface area contributed by atoms with E-state index in [1.165, 1.54) is 5.56 Å². The van der Waals surface area contributed by atoms with E-state index in [1.54, 1.807) is 12.1 Å². The van der Waals surface area contributed by atoms with Gasteiger partial charge in [-0.2, -0.15) is 0 Å². The van der Waals surface area contributed by atoms with E-state index in [2.05, 4.69) is 29.3 Å². The summed E-state index contributed by atoms with van der Waals surface area (Å²) in [6, 6.07) is 11.9. The molecular formula is C19H19ClN2O3. The number of hydrogen-bond donors (Lipinski definition) is 1. The standard InChI is InChI=1S/C19H19ClN2O3/c1-12-6-7-13-4-2-3-5-16(13)22(12)10-19(23)21-15-9-18-17(8-14(15)20)24-11-25-18/h2-5,8-9,12H,6-7,10-11H2,1H3,(H,21,23). The number of amides is 1. The molecule has 0 bridgehead atoms. The first-order chi connectivity index (χ1) is 12.1. The maximum Gasteiger partial charge on any atom is 0.243 e. The third-order valence-corrected chi connectivity index (χ3v) is 5.03.